The van der Waals surface area contributed by atoms with E-state index in [2.05, 4.69) is 19.2 Å². The van der Waals surface area contributed by atoms with Crippen LogP contribution >= 0.6 is 11.6 Å². The van der Waals surface area contributed by atoms with Crippen LogP contribution in [0.3, 0.4) is 0 Å². The minimum atomic E-state index is -0.205. The molecule has 0 aliphatic carbocycles. The molecule has 0 aliphatic heterocycles. The highest BCUT2D eigenvalue weighted by Gasteiger charge is 2.19. The molecule has 0 saturated carbocycles. The van der Waals surface area contributed by atoms with Gasteiger partial charge in [-0.15, -0.1) is 0 Å². The molecule has 3 heteroatoms. The van der Waals surface area contributed by atoms with Crippen LogP contribution in [-0.2, 0) is 6.42 Å². The molecule has 1 aromatic rings. The average Bonchev–Trinajstić information content (AvgIpc) is 2.33. The van der Waals surface area contributed by atoms with Crippen LogP contribution in [0.1, 0.15) is 32.3 Å². The largest absolute Gasteiger partial charge is 0.316 e. The van der Waals surface area contributed by atoms with E-state index in [0.717, 1.165) is 12.8 Å². The summed E-state index contributed by atoms with van der Waals surface area (Å²) < 4.78 is 13.7. The summed E-state index contributed by atoms with van der Waals surface area (Å²) in [4.78, 5) is 0. The minimum absolute atomic E-state index is 0.205. The molecule has 1 N–H and O–H groups in total. The Kier molecular flexibility index (Phi) is 5.93. The van der Waals surface area contributed by atoms with Crippen molar-refractivity contribution < 1.29 is 4.39 Å². The second-order valence-corrected chi connectivity index (χ2v) is 4.78. The molecule has 0 saturated heterocycles. The zero-order valence-electron chi connectivity index (χ0n) is 10.8. The van der Waals surface area contributed by atoms with Crippen LogP contribution in [0.15, 0.2) is 18.2 Å². The number of likely N-dealkylation sites (N-methyl/N-ethyl adjacent to an activating group) is 1. The van der Waals surface area contributed by atoms with Crippen molar-refractivity contribution in [3.05, 3.63) is 34.6 Å². The summed E-state index contributed by atoms with van der Waals surface area (Å²) in [5.74, 6) is 0.347. The molecule has 0 fully saturated rings. The lowest BCUT2D eigenvalue weighted by Crippen LogP contribution is -2.35. The van der Waals surface area contributed by atoms with Gasteiger partial charge in [-0.3, -0.25) is 0 Å². The van der Waals surface area contributed by atoms with Gasteiger partial charge in [0.25, 0.3) is 0 Å². The highest BCUT2D eigenvalue weighted by molar-refractivity contribution is 6.31. The number of hydrogen-bond acceptors (Lipinski definition) is 1. The first-order valence-corrected chi connectivity index (χ1v) is 6.61. The third-order valence-electron chi connectivity index (χ3n) is 3.47. The van der Waals surface area contributed by atoms with Gasteiger partial charge in [-0.25, -0.2) is 4.39 Å². The third-order valence-corrected chi connectivity index (χ3v) is 3.83. The fourth-order valence-corrected chi connectivity index (χ4v) is 2.55. The molecular weight excluding hydrogens is 237 g/mol. The topological polar surface area (TPSA) is 12.0 Å². The van der Waals surface area contributed by atoms with Crippen molar-refractivity contribution in [3.8, 4) is 0 Å². The van der Waals surface area contributed by atoms with E-state index in [9.17, 15) is 4.39 Å². The Balaban J connectivity index is 2.87. The summed E-state index contributed by atoms with van der Waals surface area (Å²) in [6.07, 6.45) is 2.83. The van der Waals surface area contributed by atoms with Gasteiger partial charge < -0.3 is 5.32 Å². The summed E-state index contributed by atoms with van der Waals surface area (Å²) in [6.45, 7) is 4.34. The lowest BCUT2D eigenvalue weighted by molar-refractivity contribution is 0.346. The number of nitrogens with one attached hydrogen (secondary N) is 1. The summed E-state index contributed by atoms with van der Waals surface area (Å²) >= 11 is 6.05. The zero-order valence-corrected chi connectivity index (χ0v) is 11.5. The molecule has 0 spiro atoms. The van der Waals surface area contributed by atoms with Gasteiger partial charge in [-0.1, -0.05) is 44.4 Å². The van der Waals surface area contributed by atoms with Gasteiger partial charge in [0.05, 0.1) is 0 Å². The lowest BCUT2D eigenvalue weighted by atomic mass is 9.89. The number of halogens is 2. The summed E-state index contributed by atoms with van der Waals surface area (Å²) in [5, 5.41) is 3.81. The second-order valence-electron chi connectivity index (χ2n) is 4.38. The second kappa shape index (κ2) is 6.97. The number of rotatable bonds is 6. The van der Waals surface area contributed by atoms with Gasteiger partial charge in [-0.2, -0.15) is 0 Å². The molecule has 1 rings (SSSR count). The van der Waals surface area contributed by atoms with Crippen LogP contribution in [0.25, 0.3) is 0 Å². The molecule has 17 heavy (non-hydrogen) atoms. The molecule has 1 atom stereocenters. The van der Waals surface area contributed by atoms with E-state index in [1.807, 2.05) is 7.05 Å². The SMILES string of the molecule is CCC(CC)C(Cc1c(F)cccc1Cl)NC. The van der Waals surface area contributed by atoms with Gasteiger partial charge in [0, 0.05) is 16.6 Å². The number of benzene rings is 1. The van der Waals surface area contributed by atoms with Crippen molar-refractivity contribution in [1.29, 1.82) is 0 Å². The smallest absolute Gasteiger partial charge is 0.127 e. The maximum absolute atomic E-state index is 13.7. The van der Waals surface area contributed by atoms with Gasteiger partial charge in [0.15, 0.2) is 0 Å². The third kappa shape index (κ3) is 3.68. The molecule has 96 valence electrons. The summed E-state index contributed by atoms with van der Waals surface area (Å²) in [5.41, 5.74) is 0.625. The van der Waals surface area contributed by atoms with Crippen LogP contribution in [0, 0.1) is 11.7 Å². The fourth-order valence-electron chi connectivity index (χ4n) is 2.31. The molecule has 0 heterocycles. The van der Waals surface area contributed by atoms with Crippen molar-refractivity contribution >= 4 is 11.6 Å². The number of hydrogen-bond donors (Lipinski definition) is 1. The van der Waals surface area contributed by atoms with E-state index >= 15 is 0 Å². The molecule has 1 unspecified atom stereocenters. The average molecular weight is 258 g/mol. The maximum atomic E-state index is 13.7. The Bertz CT molecular complexity index is 330. The summed E-state index contributed by atoms with van der Waals surface area (Å²) in [6, 6.07) is 5.15. The first-order valence-electron chi connectivity index (χ1n) is 6.24. The Labute approximate surface area is 108 Å². The van der Waals surface area contributed by atoms with Crippen LogP contribution in [-0.4, -0.2) is 13.1 Å². The first-order chi connectivity index (χ1) is 8.13. The van der Waals surface area contributed by atoms with Gasteiger partial charge >= 0.3 is 0 Å². The predicted octanol–water partition coefficient (Wildman–Crippen LogP) is 4.05. The van der Waals surface area contributed by atoms with E-state index in [1.54, 1.807) is 12.1 Å². The molecule has 0 aliphatic rings. The molecule has 1 nitrogen and oxygen atoms in total. The normalized spacial score (nSPS) is 13.1. The Morgan fingerprint density at radius 1 is 1.29 bits per heavy atom. The van der Waals surface area contributed by atoms with Crippen LogP contribution < -0.4 is 5.32 Å². The molecule has 0 radical (unpaired) electrons. The van der Waals surface area contributed by atoms with E-state index in [4.69, 9.17) is 11.6 Å². The van der Waals surface area contributed by atoms with Crippen LogP contribution in [0.2, 0.25) is 5.02 Å². The van der Waals surface area contributed by atoms with Crippen molar-refractivity contribution in [2.24, 2.45) is 5.92 Å². The van der Waals surface area contributed by atoms with Crippen molar-refractivity contribution in [2.45, 2.75) is 39.2 Å². The molecule has 0 bridgehead atoms. The minimum Gasteiger partial charge on any atom is -0.316 e. The lowest BCUT2D eigenvalue weighted by Gasteiger charge is -2.25. The van der Waals surface area contributed by atoms with E-state index in [-0.39, 0.29) is 11.9 Å². The Morgan fingerprint density at radius 3 is 2.41 bits per heavy atom. The molecular formula is C14H21ClFN. The van der Waals surface area contributed by atoms with Crippen LogP contribution in [0.5, 0.6) is 0 Å². The highest BCUT2D eigenvalue weighted by atomic mass is 35.5. The molecule has 1 aromatic carbocycles. The highest BCUT2D eigenvalue weighted by Crippen LogP contribution is 2.24. The van der Waals surface area contributed by atoms with Crippen LogP contribution in [0.4, 0.5) is 4.39 Å². The standard InChI is InChI=1S/C14H21ClFN/c1-4-10(5-2)14(17-3)9-11-12(15)7-6-8-13(11)16/h6-8,10,14,17H,4-5,9H2,1-3H3. The van der Waals surface area contributed by atoms with Gasteiger partial charge in [0.1, 0.15) is 5.82 Å². The predicted molar refractivity (Wildman–Crippen MR) is 72.0 cm³/mol. The summed E-state index contributed by atoms with van der Waals surface area (Å²) in [7, 11) is 1.93. The monoisotopic (exact) mass is 257 g/mol. The van der Waals surface area contributed by atoms with E-state index in [1.165, 1.54) is 6.07 Å². The zero-order chi connectivity index (χ0) is 12.8. The first kappa shape index (κ1) is 14.5. The molecule has 0 amide bonds. The van der Waals surface area contributed by atoms with Crippen molar-refractivity contribution in [3.63, 3.8) is 0 Å². The molecule has 0 aromatic heterocycles. The van der Waals surface area contributed by atoms with Gasteiger partial charge in [-0.05, 0) is 31.5 Å². The quantitative estimate of drug-likeness (QED) is 0.811. The fraction of sp³-hybridized carbons (Fsp3) is 0.571. The van der Waals surface area contributed by atoms with E-state index < -0.39 is 0 Å². The van der Waals surface area contributed by atoms with Gasteiger partial charge in [0.2, 0.25) is 0 Å². The van der Waals surface area contributed by atoms with E-state index in [0.29, 0.717) is 22.9 Å². The van der Waals surface area contributed by atoms with Crippen molar-refractivity contribution in [1.82, 2.24) is 5.32 Å². The maximum Gasteiger partial charge on any atom is 0.127 e. The van der Waals surface area contributed by atoms with Crippen molar-refractivity contribution in [2.75, 3.05) is 7.05 Å². The Morgan fingerprint density at radius 2 is 1.94 bits per heavy atom. The Hall–Kier alpha value is -0.600.